The maximum Gasteiger partial charge on any atom is 0.162 e. The van der Waals surface area contributed by atoms with E-state index in [1.165, 1.54) is 0 Å². The van der Waals surface area contributed by atoms with Gasteiger partial charge in [-0.2, -0.15) is 5.26 Å². The van der Waals surface area contributed by atoms with Gasteiger partial charge in [0.1, 0.15) is 0 Å². The maximum atomic E-state index is 11.6. The van der Waals surface area contributed by atoms with E-state index < -0.39 is 0 Å². The molecule has 0 radical (unpaired) electrons. The number of nitrogens with zero attached hydrogens (tertiary/aromatic N) is 1. The number of hydrogen-bond acceptors (Lipinski definition) is 2. The van der Waals surface area contributed by atoms with Crippen molar-refractivity contribution in [3.63, 3.8) is 0 Å². The molecule has 0 atom stereocenters. The first kappa shape index (κ1) is 11.7. The van der Waals surface area contributed by atoms with Gasteiger partial charge in [-0.15, -0.1) is 0 Å². The first-order chi connectivity index (χ1) is 7.24. The van der Waals surface area contributed by atoms with Gasteiger partial charge in [-0.3, -0.25) is 4.79 Å². The fourth-order valence-corrected chi connectivity index (χ4v) is 1.49. The first-order valence-corrected chi connectivity index (χ1v) is 5.27. The van der Waals surface area contributed by atoms with Crippen LogP contribution in [0, 0.1) is 11.3 Å². The Bertz CT molecular complexity index is 381. The van der Waals surface area contributed by atoms with Crippen molar-refractivity contribution in [2.75, 3.05) is 0 Å². The van der Waals surface area contributed by atoms with Gasteiger partial charge in [-0.25, -0.2) is 0 Å². The van der Waals surface area contributed by atoms with E-state index in [2.05, 4.69) is 6.07 Å². The molecule has 2 nitrogen and oxygen atoms in total. The molecule has 0 bridgehead atoms. The van der Waals surface area contributed by atoms with Crippen LogP contribution in [0.4, 0.5) is 0 Å². The number of benzene rings is 1. The van der Waals surface area contributed by atoms with Crippen LogP contribution in [0.1, 0.15) is 36.0 Å². The first-order valence-electron chi connectivity index (χ1n) is 4.90. The van der Waals surface area contributed by atoms with Crippen LogP contribution in [0.3, 0.4) is 0 Å². The highest BCUT2D eigenvalue weighted by atomic mass is 35.5. The maximum absolute atomic E-state index is 11.6. The number of carbonyl (C=O) groups excluding carboxylic acids is 1. The lowest BCUT2D eigenvalue weighted by Gasteiger charge is -2.00. The summed E-state index contributed by atoms with van der Waals surface area (Å²) in [6.45, 7) is 0. The van der Waals surface area contributed by atoms with Crippen molar-refractivity contribution in [1.29, 1.82) is 5.26 Å². The molecule has 0 fully saturated rings. The molecule has 78 valence electrons. The lowest BCUT2D eigenvalue weighted by Crippen LogP contribution is -1.98. The molecule has 0 aliphatic carbocycles. The van der Waals surface area contributed by atoms with Crippen LogP contribution < -0.4 is 0 Å². The molecule has 0 aliphatic heterocycles. The van der Waals surface area contributed by atoms with Crippen molar-refractivity contribution >= 4 is 17.4 Å². The van der Waals surface area contributed by atoms with Gasteiger partial charge < -0.3 is 0 Å². The van der Waals surface area contributed by atoms with Crippen molar-refractivity contribution in [2.45, 2.75) is 25.7 Å². The number of halogens is 1. The Morgan fingerprint density at radius 2 is 2.20 bits per heavy atom. The van der Waals surface area contributed by atoms with Crippen LogP contribution in [0.5, 0.6) is 0 Å². The molecule has 0 saturated carbocycles. The lowest BCUT2D eigenvalue weighted by atomic mass is 10.1. The van der Waals surface area contributed by atoms with E-state index in [0.717, 1.165) is 12.8 Å². The summed E-state index contributed by atoms with van der Waals surface area (Å²) in [7, 11) is 0. The number of carbonyl (C=O) groups is 1. The summed E-state index contributed by atoms with van der Waals surface area (Å²) < 4.78 is 0. The predicted octanol–water partition coefficient (Wildman–Crippen LogP) is 3.61. The van der Waals surface area contributed by atoms with E-state index in [0.29, 0.717) is 23.4 Å². The number of nitriles is 1. The van der Waals surface area contributed by atoms with Crippen molar-refractivity contribution in [1.82, 2.24) is 0 Å². The van der Waals surface area contributed by atoms with Crippen LogP contribution >= 0.6 is 11.6 Å². The number of ketones is 1. The molecule has 0 unspecified atom stereocenters. The van der Waals surface area contributed by atoms with Gasteiger partial charge in [-0.05, 0) is 25.0 Å². The monoisotopic (exact) mass is 221 g/mol. The Hall–Kier alpha value is -1.33. The van der Waals surface area contributed by atoms with Crippen LogP contribution in [0.25, 0.3) is 0 Å². The summed E-state index contributed by atoms with van der Waals surface area (Å²) in [6, 6.07) is 9.01. The van der Waals surface area contributed by atoms with Gasteiger partial charge in [0.05, 0.1) is 6.07 Å². The Balaban J connectivity index is 2.44. The zero-order chi connectivity index (χ0) is 11.1. The summed E-state index contributed by atoms with van der Waals surface area (Å²) in [5, 5.41) is 8.91. The predicted molar refractivity (Wildman–Crippen MR) is 59.9 cm³/mol. The molecule has 0 aliphatic rings. The molecule has 0 heterocycles. The Morgan fingerprint density at radius 1 is 1.40 bits per heavy atom. The van der Waals surface area contributed by atoms with Gasteiger partial charge in [0.2, 0.25) is 0 Å². The molecule has 0 aromatic heterocycles. The van der Waals surface area contributed by atoms with Crippen molar-refractivity contribution < 1.29 is 4.79 Å². The van der Waals surface area contributed by atoms with Crippen LogP contribution in [-0.2, 0) is 0 Å². The molecular formula is C12H12ClNO. The fraction of sp³-hybridized carbons (Fsp3) is 0.333. The van der Waals surface area contributed by atoms with Crippen LogP contribution in [0.15, 0.2) is 24.3 Å². The van der Waals surface area contributed by atoms with Gasteiger partial charge in [-0.1, -0.05) is 23.7 Å². The Labute approximate surface area is 94.5 Å². The lowest BCUT2D eigenvalue weighted by molar-refractivity contribution is 0.0979. The summed E-state index contributed by atoms with van der Waals surface area (Å²) in [5.41, 5.74) is 0.652. The average Bonchev–Trinajstić information content (AvgIpc) is 2.24. The second kappa shape index (κ2) is 6.21. The zero-order valence-corrected chi connectivity index (χ0v) is 9.13. The fourth-order valence-electron chi connectivity index (χ4n) is 1.30. The molecular weight excluding hydrogens is 210 g/mol. The van der Waals surface area contributed by atoms with E-state index in [-0.39, 0.29) is 5.78 Å². The van der Waals surface area contributed by atoms with Crippen molar-refractivity contribution in [2.24, 2.45) is 0 Å². The number of hydrogen-bond donors (Lipinski definition) is 0. The highest BCUT2D eigenvalue weighted by Crippen LogP contribution is 2.13. The minimum absolute atomic E-state index is 0.0930. The van der Waals surface area contributed by atoms with Gasteiger partial charge in [0, 0.05) is 23.4 Å². The second-order valence-electron chi connectivity index (χ2n) is 3.30. The molecule has 0 saturated heterocycles. The third-order valence-electron chi connectivity index (χ3n) is 2.09. The Morgan fingerprint density at radius 3 is 2.87 bits per heavy atom. The quantitative estimate of drug-likeness (QED) is 0.563. The van der Waals surface area contributed by atoms with E-state index in [1.54, 1.807) is 24.3 Å². The highest BCUT2D eigenvalue weighted by Gasteiger charge is 2.05. The van der Waals surface area contributed by atoms with Crippen molar-refractivity contribution in [3.05, 3.63) is 34.9 Å². The van der Waals surface area contributed by atoms with Gasteiger partial charge >= 0.3 is 0 Å². The normalized spacial score (nSPS) is 9.60. The standard InChI is InChI=1S/C12H12ClNO/c13-11-6-4-5-10(9-11)12(15)7-2-1-3-8-14/h4-6,9H,1-3,7H2. The van der Waals surface area contributed by atoms with Crippen LogP contribution in [0.2, 0.25) is 5.02 Å². The van der Waals surface area contributed by atoms with Crippen molar-refractivity contribution in [3.8, 4) is 6.07 Å². The molecule has 0 spiro atoms. The zero-order valence-electron chi connectivity index (χ0n) is 8.37. The SMILES string of the molecule is N#CCCCCC(=O)c1cccc(Cl)c1. The average molecular weight is 222 g/mol. The summed E-state index contributed by atoms with van der Waals surface area (Å²) >= 11 is 5.78. The van der Waals surface area contributed by atoms with Gasteiger partial charge in [0.15, 0.2) is 5.78 Å². The summed E-state index contributed by atoms with van der Waals surface area (Å²) in [6.07, 6.45) is 2.55. The molecule has 1 rings (SSSR count). The van der Waals surface area contributed by atoms with E-state index in [1.807, 2.05) is 0 Å². The summed E-state index contributed by atoms with van der Waals surface area (Å²) in [4.78, 5) is 11.6. The minimum Gasteiger partial charge on any atom is -0.294 e. The third-order valence-corrected chi connectivity index (χ3v) is 2.32. The molecule has 15 heavy (non-hydrogen) atoms. The van der Waals surface area contributed by atoms with E-state index in [9.17, 15) is 4.79 Å². The smallest absolute Gasteiger partial charge is 0.162 e. The number of unbranched alkanes of at least 4 members (excludes halogenated alkanes) is 2. The summed E-state index contributed by atoms with van der Waals surface area (Å²) in [5.74, 6) is 0.0930. The Kier molecular flexibility index (Phi) is 4.86. The minimum atomic E-state index is 0.0930. The third kappa shape index (κ3) is 4.14. The number of Topliss-reactive ketones (excluding diaryl/α,β-unsaturated/α-hetero) is 1. The van der Waals surface area contributed by atoms with E-state index in [4.69, 9.17) is 16.9 Å². The topological polar surface area (TPSA) is 40.9 Å². The largest absolute Gasteiger partial charge is 0.294 e. The molecule has 1 aromatic carbocycles. The van der Waals surface area contributed by atoms with Gasteiger partial charge in [0.25, 0.3) is 0 Å². The molecule has 1 aromatic rings. The number of rotatable bonds is 5. The highest BCUT2D eigenvalue weighted by molar-refractivity contribution is 6.31. The van der Waals surface area contributed by atoms with E-state index >= 15 is 0 Å². The molecule has 3 heteroatoms. The molecule has 0 amide bonds. The van der Waals surface area contributed by atoms with Crippen LogP contribution in [-0.4, -0.2) is 5.78 Å². The molecule has 0 N–H and O–H groups in total. The second-order valence-corrected chi connectivity index (χ2v) is 3.74.